The van der Waals surface area contributed by atoms with Crippen molar-refractivity contribution in [3.63, 3.8) is 0 Å². The van der Waals surface area contributed by atoms with Crippen LogP contribution >= 0.6 is 0 Å². The second-order valence-corrected chi connectivity index (χ2v) is 14.8. The Morgan fingerprint density at radius 1 is 0.404 bits per heavy atom. The number of benzene rings is 9. The van der Waals surface area contributed by atoms with Gasteiger partial charge < -0.3 is 4.42 Å². The summed E-state index contributed by atoms with van der Waals surface area (Å²) >= 11 is 0. The predicted octanol–water partition coefficient (Wildman–Crippen LogP) is 14.4. The van der Waals surface area contributed by atoms with Crippen LogP contribution in [0.4, 0.5) is 0 Å². The van der Waals surface area contributed by atoms with Crippen molar-refractivity contribution in [3.05, 3.63) is 181 Å². The van der Waals surface area contributed by atoms with Crippen molar-refractivity contribution >= 4 is 54.3 Å². The molecule has 0 fully saturated rings. The first-order chi connectivity index (χ1) is 25.6. The minimum atomic E-state index is -0.165. The van der Waals surface area contributed by atoms with Crippen molar-refractivity contribution in [2.75, 3.05) is 0 Å². The predicted molar refractivity (Wildman–Crippen MR) is 220 cm³/mol. The fourth-order valence-corrected chi connectivity index (χ4v) is 9.27. The van der Waals surface area contributed by atoms with Gasteiger partial charge in [0, 0.05) is 21.8 Å². The van der Waals surface area contributed by atoms with Gasteiger partial charge in [0.05, 0.1) is 0 Å². The van der Waals surface area contributed by atoms with Crippen LogP contribution in [0.25, 0.3) is 98.8 Å². The molecule has 10 aromatic rings. The van der Waals surface area contributed by atoms with Crippen LogP contribution in [0, 0.1) is 0 Å². The van der Waals surface area contributed by atoms with Gasteiger partial charge in [-0.15, -0.1) is 0 Å². The summed E-state index contributed by atoms with van der Waals surface area (Å²) in [7, 11) is 0. The lowest BCUT2D eigenvalue weighted by Crippen LogP contribution is -2.15. The first kappa shape index (κ1) is 29.3. The number of fused-ring (bicyclic) bond motifs is 10. The average molecular weight is 663 g/mol. The van der Waals surface area contributed by atoms with E-state index in [1.165, 1.54) is 93.3 Å². The van der Waals surface area contributed by atoms with Crippen molar-refractivity contribution in [2.24, 2.45) is 0 Å². The quantitative estimate of drug-likeness (QED) is 0.172. The zero-order chi connectivity index (χ0) is 34.6. The minimum Gasteiger partial charge on any atom is -0.456 e. The molecule has 9 aromatic carbocycles. The lowest BCUT2D eigenvalue weighted by molar-refractivity contribution is 0.620. The van der Waals surface area contributed by atoms with Gasteiger partial charge in [0.15, 0.2) is 0 Å². The SMILES string of the molecule is CC1(C)c2ccccc2-c2cc(-c3ccc(-c4c5ccccc5c(-c5ccc6ccccc6c5)c5ccccc45)cc3)c3c(oc4ccccc43)c21. The Labute approximate surface area is 302 Å². The fourth-order valence-electron chi connectivity index (χ4n) is 9.27. The Balaban J connectivity index is 1.14. The highest BCUT2D eigenvalue weighted by Crippen LogP contribution is 2.55. The molecule has 1 aliphatic rings. The summed E-state index contributed by atoms with van der Waals surface area (Å²) < 4.78 is 6.79. The first-order valence-electron chi connectivity index (χ1n) is 18.2. The van der Waals surface area contributed by atoms with Crippen LogP contribution in [0.5, 0.6) is 0 Å². The van der Waals surface area contributed by atoms with E-state index in [0.717, 1.165) is 16.6 Å². The molecule has 1 nitrogen and oxygen atoms in total. The Morgan fingerprint density at radius 2 is 0.942 bits per heavy atom. The molecule has 0 N–H and O–H groups in total. The Bertz CT molecular complexity index is 3030. The van der Waals surface area contributed by atoms with Crippen molar-refractivity contribution in [1.29, 1.82) is 0 Å². The molecule has 0 saturated heterocycles. The summed E-state index contributed by atoms with van der Waals surface area (Å²) in [6, 6.07) is 62.3. The van der Waals surface area contributed by atoms with Crippen LogP contribution in [0.3, 0.4) is 0 Å². The smallest absolute Gasteiger partial charge is 0.140 e. The van der Waals surface area contributed by atoms with Gasteiger partial charge in [-0.1, -0.05) is 166 Å². The molecule has 0 radical (unpaired) electrons. The standard InChI is InChI=1S/C51H34O/c1-51(2)44-21-11-9-15-36(44)43-30-42(48-41-20-10-12-22-45(41)52-50(48)49(43)51)32-24-26-33(27-25-32)46-37-16-5-7-18-39(37)47(40-19-8-6-17-38(40)46)35-28-23-31-13-3-4-14-34(31)29-35/h3-30H,1-2H3. The van der Waals surface area contributed by atoms with Crippen LogP contribution < -0.4 is 0 Å². The van der Waals surface area contributed by atoms with Crippen molar-refractivity contribution < 1.29 is 4.42 Å². The van der Waals surface area contributed by atoms with Crippen LogP contribution in [-0.4, -0.2) is 0 Å². The molecule has 1 aliphatic carbocycles. The third kappa shape index (κ3) is 4.05. The highest BCUT2D eigenvalue weighted by atomic mass is 16.3. The zero-order valence-electron chi connectivity index (χ0n) is 29.1. The number of rotatable bonds is 3. The van der Waals surface area contributed by atoms with E-state index >= 15 is 0 Å². The molecule has 1 heteroatoms. The van der Waals surface area contributed by atoms with Gasteiger partial charge in [-0.2, -0.15) is 0 Å². The van der Waals surface area contributed by atoms with Gasteiger partial charge in [0.25, 0.3) is 0 Å². The van der Waals surface area contributed by atoms with E-state index in [1.807, 2.05) is 0 Å². The van der Waals surface area contributed by atoms with E-state index in [0.29, 0.717) is 0 Å². The molecule has 1 aromatic heterocycles. The normalized spacial score (nSPS) is 13.3. The van der Waals surface area contributed by atoms with E-state index in [4.69, 9.17) is 4.42 Å². The summed E-state index contributed by atoms with van der Waals surface area (Å²) in [4.78, 5) is 0. The fraction of sp³-hybridized carbons (Fsp3) is 0.0588. The minimum absolute atomic E-state index is 0.165. The Kier molecular flexibility index (Phi) is 6.08. The number of para-hydroxylation sites is 1. The number of hydrogen-bond donors (Lipinski definition) is 0. The molecule has 11 rings (SSSR count). The van der Waals surface area contributed by atoms with E-state index < -0.39 is 0 Å². The molecular weight excluding hydrogens is 629 g/mol. The maximum Gasteiger partial charge on any atom is 0.140 e. The summed E-state index contributed by atoms with van der Waals surface area (Å²) in [6.45, 7) is 4.66. The molecule has 0 aliphatic heterocycles. The van der Waals surface area contributed by atoms with Crippen LogP contribution in [-0.2, 0) is 5.41 Å². The van der Waals surface area contributed by atoms with Gasteiger partial charge in [-0.05, 0) is 101 Å². The molecule has 0 bridgehead atoms. The summed E-state index contributed by atoms with van der Waals surface area (Å²) in [5, 5.41) is 9.92. The zero-order valence-corrected chi connectivity index (χ0v) is 29.1. The Hall–Kier alpha value is -6.44. The van der Waals surface area contributed by atoms with E-state index in [1.54, 1.807) is 0 Å². The lowest BCUT2D eigenvalue weighted by atomic mass is 9.81. The largest absolute Gasteiger partial charge is 0.456 e. The third-order valence-corrected chi connectivity index (χ3v) is 11.6. The van der Waals surface area contributed by atoms with Gasteiger partial charge >= 0.3 is 0 Å². The highest BCUT2D eigenvalue weighted by Gasteiger charge is 2.39. The molecular formula is C51H34O. The first-order valence-corrected chi connectivity index (χ1v) is 18.2. The lowest BCUT2D eigenvalue weighted by Gasteiger charge is -2.22. The molecule has 0 unspecified atom stereocenters. The molecule has 0 amide bonds. The summed E-state index contributed by atoms with van der Waals surface area (Å²) in [5.74, 6) is 0. The number of furan rings is 1. The molecule has 52 heavy (non-hydrogen) atoms. The third-order valence-electron chi connectivity index (χ3n) is 11.6. The van der Waals surface area contributed by atoms with Gasteiger partial charge in [-0.3, -0.25) is 0 Å². The second-order valence-electron chi connectivity index (χ2n) is 14.8. The highest BCUT2D eigenvalue weighted by molar-refractivity contribution is 6.22. The molecule has 0 saturated carbocycles. The van der Waals surface area contributed by atoms with E-state index in [2.05, 4.69) is 184 Å². The monoisotopic (exact) mass is 662 g/mol. The summed E-state index contributed by atoms with van der Waals surface area (Å²) in [6.07, 6.45) is 0. The molecule has 1 heterocycles. The van der Waals surface area contributed by atoms with Gasteiger partial charge in [-0.25, -0.2) is 0 Å². The Morgan fingerprint density at radius 3 is 1.65 bits per heavy atom. The number of hydrogen-bond acceptors (Lipinski definition) is 1. The molecule has 244 valence electrons. The van der Waals surface area contributed by atoms with Crippen molar-refractivity contribution in [2.45, 2.75) is 19.3 Å². The van der Waals surface area contributed by atoms with Crippen LogP contribution in [0.2, 0.25) is 0 Å². The van der Waals surface area contributed by atoms with Crippen LogP contribution in [0.1, 0.15) is 25.0 Å². The average Bonchev–Trinajstić information content (AvgIpc) is 3.69. The van der Waals surface area contributed by atoms with Crippen molar-refractivity contribution in [1.82, 2.24) is 0 Å². The topological polar surface area (TPSA) is 13.1 Å². The summed E-state index contributed by atoms with van der Waals surface area (Å²) in [5.41, 5.74) is 14.4. The van der Waals surface area contributed by atoms with Crippen molar-refractivity contribution in [3.8, 4) is 44.5 Å². The molecule has 0 spiro atoms. The van der Waals surface area contributed by atoms with Crippen LogP contribution in [0.15, 0.2) is 174 Å². The maximum atomic E-state index is 6.79. The maximum absolute atomic E-state index is 6.79. The van der Waals surface area contributed by atoms with E-state index in [-0.39, 0.29) is 5.41 Å². The van der Waals surface area contributed by atoms with E-state index in [9.17, 15) is 0 Å². The van der Waals surface area contributed by atoms with Gasteiger partial charge in [0.1, 0.15) is 11.2 Å². The van der Waals surface area contributed by atoms with Gasteiger partial charge in [0.2, 0.25) is 0 Å². The second kappa shape index (κ2) is 10.8. The molecule has 0 atom stereocenters.